The first kappa shape index (κ1) is 19.7. The zero-order chi connectivity index (χ0) is 21.1. The molecular weight excluding hydrogens is 376 g/mol. The molecule has 0 radical (unpaired) electrons. The van der Waals surface area contributed by atoms with E-state index < -0.39 is 0 Å². The lowest BCUT2D eigenvalue weighted by Crippen LogP contribution is -2.46. The summed E-state index contributed by atoms with van der Waals surface area (Å²) in [5, 5.41) is 0. The quantitative estimate of drug-likeness (QED) is 0.390. The maximum Gasteiger partial charge on any atom is 0.253 e. The van der Waals surface area contributed by atoms with Crippen molar-refractivity contribution in [1.82, 2.24) is 10.3 Å². The largest absolute Gasteiger partial charge is 0.497 e. The van der Waals surface area contributed by atoms with Crippen LogP contribution >= 0.6 is 0 Å². The first-order valence-electron chi connectivity index (χ1n) is 9.75. The number of aliphatic imine (C=N–C) groups is 1. The van der Waals surface area contributed by atoms with Crippen LogP contribution in [0, 0.1) is 6.92 Å². The molecule has 0 aromatic heterocycles. The van der Waals surface area contributed by atoms with Crippen molar-refractivity contribution in [1.29, 1.82) is 0 Å². The molecule has 3 N–H and O–H groups in total. The lowest BCUT2D eigenvalue weighted by atomic mass is 9.92. The number of nitrogens with zero attached hydrogens (tertiary/aromatic N) is 2. The number of amides is 1. The first-order chi connectivity index (χ1) is 14.6. The zero-order valence-electron chi connectivity index (χ0n) is 17.0. The van der Waals surface area contributed by atoms with E-state index in [0.29, 0.717) is 5.84 Å². The fourth-order valence-electron chi connectivity index (χ4n) is 3.73. The van der Waals surface area contributed by atoms with Gasteiger partial charge in [0.15, 0.2) is 0 Å². The maximum atomic E-state index is 12.3. The Bertz CT molecular complexity index is 1080. The summed E-state index contributed by atoms with van der Waals surface area (Å²) in [6.07, 6.45) is 0. The molecule has 1 aliphatic rings. The number of fused-ring (bicyclic) bond motifs is 1. The molecule has 6 nitrogen and oxygen atoms in total. The summed E-state index contributed by atoms with van der Waals surface area (Å²) >= 11 is 0. The second-order valence-electron chi connectivity index (χ2n) is 7.23. The van der Waals surface area contributed by atoms with Gasteiger partial charge in [0, 0.05) is 11.1 Å². The molecule has 1 atom stereocenters. The van der Waals surface area contributed by atoms with Crippen molar-refractivity contribution < 1.29 is 9.53 Å². The summed E-state index contributed by atoms with van der Waals surface area (Å²) in [5.41, 5.74) is 7.34. The highest BCUT2D eigenvalue weighted by Crippen LogP contribution is 2.40. The number of nitrogens with two attached hydrogens (primary N) is 1. The van der Waals surface area contributed by atoms with E-state index in [-0.39, 0.29) is 18.5 Å². The molecule has 0 fully saturated rings. The van der Waals surface area contributed by atoms with Crippen LogP contribution in [-0.2, 0) is 4.79 Å². The topological polar surface area (TPSA) is 80.0 Å². The standard InChI is InChI=1S/C24H24N4O2/c1-16-7-9-17(10-8-16)23-20-5-3-4-6-21(20)26-24(28(23)15-22(29)27-25)18-11-13-19(30-2)14-12-18/h3-14,23H,15,25H2,1-2H3,(H,27,29)/t23-/m1/s1. The number of ether oxygens (including phenoxy) is 1. The van der Waals surface area contributed by atoms with E-state index in [2.05, 4.69) is 42.7 Å². The van der Waals surface area contributed by atoms with Crippen molar-refractivity contribution >= 4 is 17.4 Å². The normalized spacial score (nSPS) is 15.2. The molecule has 3 aromatic rings. The van der Waals surface area contributed by atoms with Crippen molar-refractivity contribution in [2.24, 2.45) is 10.8 Å². The van der Waals surface area contributed by atoms with Crippen LogP contribution in [0.4, 0.5) is 5.69 Å². The molecule has 0 saturated heterocycles. The number of benzene rings is 3. The third-order valence-corrected chi connectivity index (χ3v) is 5.26. The molecule has 0 bridgehead atoms. The summed E-state index contributed by atoms with van der Waals surface area (Å²) in [6.45, 7) is 2.14. The number of rotatable bonds is 5. The van der Waals surface area contributed by atoms with Crippen LogP contribution in [-0.4, -0.2) is 30.3 Å². The summed E-state index contributed by atoms with van der Waals surface area (Å²) < 4.78 is 5.29. The molecule has 152 valence electrons. The molecule has 1 heterocycles. The Morgan fingerprint density at radius 1 is 1.07 bits per heavy atom. The van der Waals surface area contributed by atoms with E-state index in [1.807, 2.05) is 47.4 Å². The first-order valence-corrected chi connectivity index (χ1v) is 9.75. The van der Waals surface area contributed by atoms with Gasteiger partial charge >= 0.3 is 0 Å². The summed E-state index contributed by atoms with van der Waals surface area (Å²) in [7, 11) is 1.63. The lowest BCUT2D eigenvalue weighted by Gasteiger charge is -2.38. The van der Waals surface area contributed by atoms with Crippen LogP contribution < -0.4 is 16.0 Å². The summed E-state index contributed by atoms with van der Waals surface area (Å²) in [5.74, 6) is 6.62. The predicted molar refractivity (Wildman–Crippen MR) is 118 cm³/mol. The number of aryl methyl sites for hydroxylation is 1. The number of carbonyl (C=O) groups is 1. The molecule has 0 saturated carbocycles. The van der Waals surface area contributed by atoms with E-state index in [1.54, 1.807) is 7.11 Å². The highest BCUT2D eigenvalue weighted by molar-refractivity contribution is 6.03. The van der Waals surface area contributed by atoms with E-state index in [1.165, 1.54) is 5.56 Å². The lowest BCUT2D eigenvalue weighted by molar-refractivity contribution is -0.121. The van der Waals surface area contributed by atoms with Crippen LogP contribution in [0.1, 0.15) is 28.3 Å². The highest BCUT2D eigenvalue weighted by atomic mass is 16.5. The van der Waals surface area contributed by atoms with Crippen molar-refractivity contribution in [3.63, 3.8) is 0 Å². The number of methoxy groups -OCH3 is 1. The van der Waals surface area contributed by atoms with Gasteiger partial charge in [0.25, 0.3) is 5.91 Å². The fourth-order valence-corrected chi connectivity index (χ4v) is 3.73. The van der Waals surface area contributed by atoms with Gasteiger partial charge in [0.2, 0.25) is 0 Å². The van der Waals surface area contributed by atoms with Gasteiger partial charge in [0.1, 0.15) is 18.1 Å². The second-order valence-corrected chi connectivity index (χ2v) is 7.23. The average molecular weight is 400 g/mol. The molecule has 3 aromatic carbocycles. The number of hydrazine groups is 1. The van der Waals surface area contributed by atoms with Crippen LogP contribution in [0.3, 0.4) is 0 Å². The molecule has 1 amide bonds. The Kier molecular flexibility index (Phi) is 5.50. The number of amidine groups is 1. The Hall–Kier alpha value is -3.64. The molecule has 1 aliphatic heterocycles. The Morgan fingerprint density at radius 3 is 2.43 bits per heavy atom. The van der Waals surface area contributed by atoms with E-state index in [4.69, 9.17) is 15.6 Å². The van der Waals surface area contributed by atoms with E-state index in [9.17, 15) is 4.79 Å². The number of para-hydroxylation sites is 1. The minimum Gasteiger partial charge on any atom is -0.497 e. The third kappa shape index (κ3) is 3.77. The highest BCUT2D eigenvalue weighted by Gasteiger charge is 2.33. The van der Waals surface area contributed by atoms with E-state index in [0.717, 1.165) is 28.1 Å². The van der Waals surface area contributed by atoms with Crippen LogP contribution in [0.2, 0.25) is 0 Å². The molecule has 30 heavy (non-hydrogen) atoms. The minimum atomic E-state index is -0.285. The van der Waals surface area contributed by atoms with Gasteiger partial charge in [-0.25, -0.2) is 10.8 Å². The monoisotopic (exact) mass is 400 g/mol. The molecular formula is C24H24N4O2. The van der Waals surface area contributed by atoms with Crippen LogP contribution in [0.5, 0.6) is 5.75 Å². The van der Waals surface area contributed by atoms with Gasteiger partial charge in [-0.2, -0.15) is 0 Å². The Morgan fingerprint density at radius 2 is 1.77 bits per heavy atom. The van der Waals surface area contributed by atoms with Gasteiger partial charge in [-0.1, -0.05) is 48.0 Å². The molecule has 0 spiro atoms. The van der Waals surface area contributed by atoms with Crippen LogP contribution in [0.25, 0.3) is 0 Å². The Balaban J connectivity index is 1.89. The van der Waals surface area contributed by atoms with Crippen LogP contribution in [0.15, 0.2) is 77.8 Å². The molecule has 6 heteroatoms. The second kappa shape index (κ2) is 8.39. The van der Waals surface area contributed by atoms with Gasteiger partial charge in [-0.3, -0.25) is 10.2 Å². The van der Waals surface area contributed by atoms with Gasteiger partial charge in [0.05, 0.1) is 18.8 Å². The SMILES string of the molecule is COc1ccc(C2=Nc3ccccc3[C@@H](c3ccc(C)cc3)N2CC(=O)NN)cc1. The molecule has 4 rings (SSSR count). The predicted octanol–water partition coefficient (Wildman–Crippen LogP) is 3.48. The average Bonchev–Trinajstić information content (AvgIpc) is 2.79. The van der Waals surface area contributed by atoms with Gasteiger partial charge in [-0.15, -0.1) is 0 Å². The smallest absolute Gasteiger partial charge is 0.253 e. The third-order valence-electron chi connectivity index (χ3n) is 5.26. The van der Waals surface area contributed by atoms with Crippen molar-refractivity contribution in [2.75, 3.05) is 13.7 Å². The van der Waals surface area contributed by atoms with Crippen molar-refractivity contribution in [3.8, 4) is 5.75 Å². The number of hydrogen-bond donors (Lipinski definition) is 2. The molecule has 0 aliphatic carbocycles. The molecule has 0 unspecified atom stereocenters. The van der Waals surface area contributed by atoms with Crippen molar-refractivity contribution in [2.45, 2.75) is 13.0 Å². The minimum absolute atomic E-state index is 0.0776. The fraction of sp³-hybridized carbons (Fsp3) is 0.167. The number of carbonyl (C=O) groups excluding carboxylic acids is 1. The van der Waals surface area contributed by atoms with Gasteiger partial charge in [-0.05, 0) is 42.8 Å². The van der Waals surface area contributed by atoms with Crippen molar-refractivity contribution in [3.05, 3.63) is 95.1 Å². The van der Waals surface area contributed by atoms with Gasteiger partial charge < -0.3 is 9.64 Å². The number of hydrogen-bond acceptors (Lipinski definition) is 5. The zero-order valence-corrected chi connectivity index (χ0v) is 17.0. The Labute approximate surface area is 176 Å². The van der Waals surface area contributed by atoms with E-state index >= 15 is 0 Å². The maximum absolute atomic E-state index is 12.3. The number of nitrogens with one attached hydrogen (secondary N) is 1. The summed E-state index contributed by atoms with van der Waals surface area (Å²) in [6, 6.07) is 23.9. The summed E-state index contributed by atoms with van der Waals surface area (Å²) in [4.78, 5) is 19.3.